The van der Waals surface area contributed by atoms with Crippen LogP contribution in [-0.4, -0.2) is 78.8 Å². The average Bonchev–Trinajstić information content (AvgIpc) is 3.35. The molecule has 1 N–H and O–H groups in total. The van der Waals surface area contributed by atoms with E-state index in [0.29, 0.717) is 35.1 Å². The van der Waals surface area contributed by atoms with Crippen molar-refractivity contribution >= 4 is 47.9 Å². The molecule has 0 saturated heterocycles. The standard InChI is InChI=1S/C25H28F3N7O5S3/c1-14(2)43(38,39)35-9-6-17(15(12-35)13-40-5)18-10-16(42(36,37)33-24(29-3)7-8-24)11-19-20(32-34(4)21(18)19)22-30-31-23(41-22)25(26,27)28/h10-11,14,33H,6-9,12-13H2,1-2,4-5H3. The van der Waals surface area contributed by atoms with Crippen molar-refractivity contribution in [3.63, 3.8) is 0 Å². The SMILES string of the molecule is [C-]#[N+]C1(NS(=O)(=O)c2cc(C3=C(COC)CN(S(=O)(=O)C(C)C)CC3)c3c(c2)c(-c2nnc(C(F)(F)F)s2)nn3C)CC1. The lowest BCUT2D eigenvalue weighted by atomic mass is 9.92. The maximum atomic E-state index is 13.6. The molecule has 2 aromatic heterocycles. The van der Waals surface area contributed by atoms with E-state index in [2.05, 4.69) is 24.9 Å². The largest absolute Gasteiger partial charge is 0.445 e. The molecule has 1 aliphatic carbocycles. The number of aryl methyl sites for hydroxylation is 1. The van der Waals surface area contributed by atoms with Crippen LogP contribution >= 0.6 is 11.3 Å². The molecule has 2 aliphatic rings. The molecule has 0 spiro atoms. The highest BCUT2D eigenvalue weighted by Gasteiger charge is 2.54. The topological polar surface area (TPSA) is 141 Å². The number of sulfonamides is 2. The van der Waals surface area contributed by atoms with Gasteiger partial charge in [-0.15, -0.1) is 14.9 Å². The van der Waals surface area contributed by atoms with Gasteiger partial charge in [0.1, 0.15) is 5.69 Å². The third-order valence-corrected chi connectivity index (χ3v) is 12.1. The van der Waals surface area contributed by atoms with Gasteiger partial charge in [0.05, 0.1) is 35.1 Å². The fraction of sp³-hybridized carbons (Fsp3) is 0.520. The molecule has 0 bridgehead atoms. The smallest absolute Gasteiger partial charge is 0.380 e. The number of fused-ring (bicyclic) bond motifs is 1. The quantitative estimate of drug-likeness (QED) is 0.344. The monoisotopic (exact) mass is 659 g/mol. The number of ether oxygens (including phenoxy) is 1. The average molecular weight is 660 g/mol. The van der Waals surface area contributed by atoms with Crippen molar-refractivity contribution in [3.05, 3.63) is 39.7 Å². The molecule has 0 amide bonds. The Morgan fingerprint density at radius 1 is 1.21 bits per heavy atom. The summed E-state index contributed by atoms with van der Waals surface area (Å²) in [6.07, 6.45) is -3.83. The van der Waals surface area contributed by atoms with Gasteiger partial charge in [-0.2, -0.15) is 22.6 Å². The predicted molar refractivity (Wildman–Crippen MR) is 153 cm³/mol. The van der Waals surface area contributed by atoms with Gasteiger partial charge in [0, 0.05) is 38.2 Å². The minimum atomic E-state index is -4.73. The highest BCUT2D eigenvalue weighted by atomic mass is 32.2. The summed E-state index contributed by atoms with van der Waals surface area (Å²) in [5.74, 6) is 0. The van der Waals surface area contributed by atoms with Crippen LogP contribution in [0.5, 0.6) is 0 Å². The maximum absolute atomic E-state index is 13.6. The normalized spacial score (nSPS) is 18.0. The van der Waals surface area contributed by atoms with Crippen LogP contribution in [0.2, 0.25) is 0 Å². The van der Waals surface area contributed by atoms with Gasteiger partial charge in [0.25, 0.3) is 5.66 Å². The lowest BCUT2D eigenvalue weighted by molar-refractivity contribution is -0.138. The van der Waals surface area contributed by atoms with Crippen LogP contribution in [0.4, 0.5) is 13.2 Å². The van der Waals surface area contributed by atoms with E-state index in [-0.39, 0.29) is 58.4 Å². The predicted octanol–water partition coefficient (Wildman–Crippen LogP) is 3.64. The Morgan fingerprint density at radius 3 is 2.47 bits per heavy atom. The number of benzene rings is 1. The summed E-state index contributed by atoms with van der Waals surface area (Å²) in [6.45, 7) is 10.8. The second-order valence-electron chi connectivity index (χ2n) is 10.7. The van der Waals surface area contributed by atoms with E-state index in [9.17, 15) is 30.0 Å². The summed E-state index contributed by atoms with van der Waals surface area (Å²) < 4.78 is 104. The molecule has 232 valence electrons. The lowest BCUT2D eigenvalue weighted by Gasteiger charge is -2.32. The molecule has 3 heterocycles. The first-order valence-electron chi connectivity index (χ1n) is 13.1. The van der Waals surface area contributed by atoms with E-state index in [1.807, 2.05) is 0 Å². The Morgan fingerprint density at radius 2 is 1.91 bits per heavy atom. The summed E-state index contributed by atoms with van der Waals surface area (Å²) >= 11 is 0.281. The van der Waals surface area contributed by atoms with Crippen LogP contribution in [0.1, 0.15) is 43.7 Å². The summed E-state index contributed by atoms with van der Waals surface area (Å²) in [5, 5.41) is 9.58. The third-order valence-electron chi connectivity index (χ3n) is 7.36. The molecule has 12 nitrogen and oxygen atoms in total. The highest BCUT2D eigenvalue weighted by Crippen LogP contribution is 2.42. The molecule has 1 saturated carbocycles. The molecular weight excluding hydrogens is 632 g/mol. The second kappa shape index (κ2) is 10.9. The zero-order chi connectivity index (χ0) is 31.5. The van der Waals surface area contributed by atoms with E-state index >= 15 is 0 Å². The van der Waals surface area contributed by atoms with Crippen molar-refractivity contribution < 1.29 is 34.7 Å². The van der Waals surface area contributed by atoms with Crippen LogP contribution < -0.4 is 4.72 Å². The van der Waals surface area contributed by atoms with Gasteiger partial charge < -0.3 is 4.74 Å². The summed E-state index contributed by atoms with van der Waals surface area (Å²) in [7, 11) is -4.86. The Bertz CT molecular complexity index is 1890. The fourth-order valence-electron chi connectivity index (χ4n) is 4.98. The molecule has 1 fully saturated rings. The highest BCUT2D eigenvalue weighted by molar-refractivity contribution is 7.89. The van der Waals surface area contributed by atoms with Crippen molar-refractivity contribution in [2.24, 2.45) is 7.05 Å². The first-order valence-corrected chi connectivity index (χ1v) is 16.9. The third kappa shape index (κ3) is 5.81. The minimum Gasteiger partial charge on any atom is -0.380 e. The molecule has 3 aromatic rings. The number of methoxy groups -OCH3 is 1. The van der Waals surface area contributed by atoms with Gasteiger partial charge in [-0.3, -0.25) is 9.53 Å². The summed E-state index contributed by atoms with van der Waals surface area (Å²) in [5.41, 5.74) is 0.800. The van der Waals surface area contributed by atoms with Gasteiger partial charge >= 0.3 is 6.18 Å². The number of nitrogens with one attached hydrogen (secondary N) is 1. The zero-order valence-corrected chi connectivity index (χ0v) is 26.0. The molecule has 0 unspecified atom stereocenters. The first kappa shape index (κ1) is 31.5. The fourth-order valence-corrected chi connectivity index (χ4v) is 8.38. The van der Waals surface area contributed by atoms with E-state index in [0.717, 1.165) is 0 Å². The van der Waals surface area contributed by atoms with Crippen molar-refractivity contribution in [1.29, 1.82) is 0 Å². The first-order chi connectivity index (χ1) is 20.0. The number of halogens is 3. The molecule has 0 atom stereocenters. The van der Waals surface area contributed by atoms with Gasteiger partial charge in [0.2, 0.25) is 25.1 Å². The van der Waals surface area contributed by atoms with Crippen LogP contribution in [0, 0.1) is 6.57 Å². The van der Waals surface area contributed by atoms with Gasteiger partial charge in [-0.1, -0.05) is 11.3 Å². The van der Waals surface area contributed by atoms with Crippen molar-refractivity contribution in [1.82, 2.24) is 29.0 Å². The zero-order valence-electron chi connectivity index (χ0n) is 23.6. The number of alkyl halides is 3. The maximum Gasteiger partial charge on any atom is 0.445 e. The van der Waals surface area contributed by atoms with Crippen molar-refractivity contribution in [2.75, 3.05) is 26.8 Å². The van der Waals surface area contributed by atoms with Crippen LogP contribution in [0.15, 0.2) is 22.6 Å². The number of hydrogen-bond donors (Lipinski definition) is 1. The van der Waals surface area contributed by atoms with Crippen molar-refractivity contribution in [2.45, 2.75) is 55.1 Å². The van der Waals surface area contributed by atoms with Crippen LogP contribution in [0.25, 0.3) is 32.0 Å². The van der Waals surface area contributed by atoms with Crippen LogP contribution in [0.3, 0.4) is 0 Å². The Hall–Kier alpha value is -2.95. The summed E-state index contributed by atoms with van der Waals surface area (Å²) in [6, 6.07) is 2.72. The molecule has 43 heavy (non-hydrogen) atoms. The van der Waals surface area contributed by atoms with E-state index in [1.54, 1.807) is 20.9 Å². The molecule has 1 aliphatic heterocycles. The van der Waals surface area contributed by atoms with E-state index < -0.39 is 42.1 Å². The van der Waals surface area contributed by atoms with Crippen molar-refractivity contribution in [3.8, 4) is 10.7 Å². The number of hydrogen-bond acceptors (Lipinski definition) is 9. The molecule has 0 radical (unpaired) electrons. The Balaban J connectivity index is 1.75. The van der Waals surface area contributed by atoms with Gasteiger partial charge in [-0.05, 0) is 43.5 Å². The minimum absolute atomic E-state index is 0.00354. The lowest BCUT2D eigenvalue weighted by Crippen LogP contribution is -2.41. The Labute approximate surface area is 250 Å². The molecule has 18 heteroatoms. The van der Waals surface area contributed by atoms with E-state index in [1.165, 1.54) is 28.2 Å². The van der Waals surface area contributed by atoms with E-state index in [4.69, 9.17) is 11.3 Å². The van der Waals surface area contributed by atoms with Gasteiger partial charge in [-0.25, -0.2) is 23.4 Å². The number of aromatic nitrogens is 4. The number of nitrogens with zero attached hydrogens (tertiary/aromatic N) is 6. The molecule has 1 aromatic carbocycles. The summed E-state index contributed by atoms with van der Waals surface area (Å²) in [4.78, 5) is 3.20. The van der Waals surface area contributed by atoms with Gasteiger partial charge in [0.15, 0.2) is 5.01 Å². The van der Waals surface area contributed by atoms with Crippen LogP contribution in [-0.2, 0) is 38.0 Å². The molecule has 5 rings (SSSR count). The number of rotatable bonds is 9. The second-order valence-corrected chi connectivity index (χ2v) is 15.8. The molecular formula is C25H28F3N7O5S3. The Kier molecular flexibility index (Phi) is 7.97.